The van der Waals surface area contributed by atoms with Crippen molar-refractivity contribution in [3.05, 3.63) is 21.2 Å². The highest BCUT2D eigenvalue weighted by Crippen LogP contribution is 2.18. The molecular formula is C7H4N4OS2. The monoisotopic (exact) mass is 224 g/mol. The summed E-state index contributed by atoms with van der Waals surface area (Å²) < 4.78 is 1.62. The van der Waals surface area contributed by atoms with Gasteiger partial charge in [0.15, 0.2) is 16.0 Å². The second-order valence-electron chi connectivity index (χ2n) is 2.88. The fraction of sp³-hybridized carbons (Fsp3) is 0.286. The molecule has 7 heteroatoms. The molecule has 0 saturated heterocycles. The summed E-state index contributed by atoms with van der Waals surface area (Å²) in [6.07, 6.45) is 0. The molecule has 5 nitrogen and oxygen atoms in total. The van der Waals surface area contributed by atoms with Crippen LogP contribution < -0.4 is 16.4 Å². The van der Waals surface area contributed by atoms with Crippen LogP contribution in [0.1, 0.15) is 0 Å². The molecule has 1 aromatic heterocycles. The van der Waals surface area contributed by atoms with Gasteiger partial charge in [0.25, 0.3) is 5.56 Å². The molecule has 3 heterocycles. The number of rotatable bonds is 0. The van der Waals surface area contributed by atoms with Gasteiger partial charge in [-0.1, -0.05) is 11.8 Å². The van der Waals surface area contributed by atoms with E-state index in [4.69, 9.17) is 12.2 Å². The van der Waals surface area contributed by atoms with Crippen molar-refractivity contribution in [2.45, 2.75) is 11.7 Å². The lowest BCUT2D eigenvalue weighted by molar-refractivity contribution is 0.637. The van der Waals surface area contributed by atoms with E-state index in [2.05, 4.69) is 15.0 Å². The molecule has 0 aromatic carbocycles. The first kappa shape index (κ1) is 8.25. The molecular weight excluding hydrogens is 220 g/mol. The Morgan fingerprint density at radius 1 is 1.43 bits per heavy atom. The number of hydrogen-bond acceptors (Lipinski definition) is 4. The molecule has 1 aromatic rings. The Kier molecular flexibility index (Phi) is 1.59. The van der Waals surface area contributed by atoms with Gasteiger partial charge in [0.1, 0.15) is 0 Å². The third kappa shape index (κ3) is 0.992. The van der Waals surface area contributed by atoms with E-state index < -0.39 is 0 Å². The fourth-order valence-corrected chi connectivity index (χ4v) is 2.55. The molecule has 0 N–H and O–H groups in total. The van der Waals surface area contributed by atoms with Crippen molar-refractivity contribution in [2.75, 3.05) is 5.75 Å². The van der Waals surface area contributed by atoms with Gasteiger partial charge in [-0.25, -0.2) is 9.98 Å². The van der Waals surface area contributed by atoms with Gasteiger partial charge in [-0.15, -0.1) is 0 Å². The lowest BCUT2D eigenvalue weighted by atomic mass is 10.5. The maximum Gasteiger partial charge on any atom is 0.282 e. The van der Waals surface area contributed by atoms with Crippen molar-refractivity contribution in [1.82, 2.24) is 9.55 Å². The molecule has 0 radical (unpaired) electrons. The quantitative estimate of drug-likeness (QED) is 0.414. The molecule has 0 fully saturated rings. The highest BCUT2D eigenvalue weighted by molar-refractivity contribution is 7.99. The van der Waals surface area contributed by atoms with Crippen LogP contribution in [-0.4, -0.2) is 20.4 Å². The third-order valence-electron chi connectivity index (χ3n) is 2.05. The highest BCUT2D eigenvalue weighted by atomic mass is 32.2. The number of fused-ring (bicyclic) bond motifs is 2. The first-order valence-electron chi connectivity index (χ1n) is 4.01. The zero-order valence-corrected chi connectivity index (χ0v) is 8.56. The molecule has 0 atom stereocenters. The van der Waals surface area contributed by atoms with Crippen molar-refractivity contribution in [3.63, 3.8) is 0 Å². The number of hydrogen-bond donors (Lipinski definition) is 0. The van der Waals surface area contributed by atoms with Gasteiger partial charge < -0.3 is 0 Å². The van der Waals surface area contributed by atoms with Crippen molar-refractivity contribution in [2.24, 2.45) is 9.98 Å². The second kappa shape index (κ2) is 2.71. The van der Waals surface area contributed by atoms with Gasteiger partial charge in [-0.05, 0) is 12.2 Å². The zero-order chi connectivity index (χ0) is 9.71. The summed E-state index contributed by atoms with van der Waals surface area (Å²) in [5, 5.41) is 1.21. The number of aromatic nitrogens is 2. The van der Waals surface area contributed by atoms with Gasteiger partial charge >= 0.3 is 0 Å². The Hall–Kier alpha value is -1.08. The Balaban J connectivity index is 2.53. The van der Waals surface area contributed by atoms with Crippen LogP contribution >= 0.6 is 24.0 Å². The predicted octanol–water partition coefficient (Wildman–Crippen LogP) is -1.11. The summed E-state index contributed by atoms with van der Waals surface area (Å²) in [6.45, 7) is 0.696. The summed E-state index contributed by atoms with van der Waals surface area (Å²) in [5.41, 5.74) is 0.249. The van der Waals surface area contributed by atoms with Crippen LogP contribution in [0.25, 0.3) is 0 Å². The van der Waals surface area contributed by atoms with E-state index in [1.54, 1.807) is 16.3 Å². The molecule has 0 aliphatic carbocycles. The Bertz CT molecular complexity index is 618. The van der Waals surface area contributed by atoms with Gasteiger partial charge in [-0.3, -0.25) is 9.36 Å². The lowest BCUT2D eigenvalue weighted by Crippen LogP contribution is -2.45. The van der Waals surface area contributed by atoms with Crippen molar-refractivity contribution < 1.29 is 0 Å². The lowest BCUT2D eigenvalue weighted by Gasteiger charge is -1.96. The van der Waals surface area contributed by atoms with Gasteiger partial charge in [0, 0.05) is 12.3 Å². The standard InChI is InChI=1S/C7H4N4OS2/c12-5-3-4(9-6(13)8-3)10-7-11(5)1-2-14-7/h1-2H2. The Morgan fingerprint density at radius 3 is 3.14 bits per heavy atom. The summed E-state index contributed by atoms with van der Waals surface area (Å²) >= 11 is 6.35. The van der Waals surface area contributed by atoms with Crippen molar-refractivity contribution >= 4 is 29.1 Å². The van der Waals surface area contributed by atoms with Gasteiger partial charge in [0.05, 0.1) is 0 Å². The van der Waals surface area contributed by atoms with E-state index in [1.807, 2.05) is 0 Å². The van der Waals surface area contributed by atoms with E-state index in [-0.39, 0.29) is 10.7 Å². The van der Waals surface area contributed by atoms with Crippen LogP contribution in [0.5, 0.6) is 0 Å². The maximum absolute atomic E-state index is 11.8. The summed E-state index contributed by atoms with van der Waals surface area (Å²) in [4.78, 5) is 23.8. The van der Waals surface area contributed by atoms with Gasteiger partial charge in [0.2, 0.25) is 5.11 Å². The van der Waals surface area contributed by atoms with Crippen LogP contribution in [0.2, 0.25) is 0 Å². The summed E-state index contributed by atoms with van der Waals surface area (Å²) in [5.74, 6) is 0.885. The average molecular weight is 224 g/mol. The molecule has 70 valence electrons. The molecule has 3 rings (SSSR count). The minimum absolute atomic E-state index is 0.126. The van der Waals surface area contributed by atoms with Crippen LogP contribution in [0.3, 0.4) is 0 Å². The minimum atomic E-state index is -0.126. The van der Waals surface area contributed by atoms with E-state index in [0.717, 1.165) is 10.9 Å². The molecule has 0 saturated carbocycles. The van der Waals surface area contributed by atoms with E-state index in [0.29, 0.717) is 17.4 Å². The Labute approximate surface area is 87.6 Å². The zero-order valence-electron chi connectivity index (χ0n) is 6.93. The third-order valence-corrected chi connectivity index (χ3v) is 3.19. The molecule has 0 bridgehead atoms. The smallest absolute Gasteiger partial charge is 0.282 e. The van der Waals surface area contributed by atoms with Crippen LogP contribution in [0, 0.1) is 0 Å². The topological polar surface area (TPSA) is 59.6 Å². The largest absolute Gasteiger partial charge is 0.285 e. The summed E-state index contributed by atoms with van der Waals surface area (Å²) in [7, 11) is 0. The van der Waals surface area contributed by atoms with Crippen LogP contribution in [-0.2, 0) is 6.54 Å². The average Bonchev–Trinajstić information content (AvgIpc) is 2.71. The van der Waals surface area contributed by atoms with Gasteiger partial charge in [-0.2, -0.15) is 4.99 Å². The maximum atomic E-state index is 11.8. The summed E-state index contributed by atoms with van der Waals surface area (Å²) in [6, 6.07) is 0. The molecule has 2 aliphatic heterocycles. The molecule has 2 aliphatic rings. The fourth-order valence-electron chi connectivity index (χ4n) is 1.44. The normalized spacial score (nSPS) is 17.3. The van der Waals surface area contributed by atoms with Crippen molar-refractivity contribution in [1.29, 1.82) is 0 Å². The minimum Gasteiger partial charge on any atom is -0.285 e. The first-order valence-corrected chi connectivity index (χ1v) is 5.40. The predicted molar refractivity (Wildman–Crippen MR) is 54.1 cm³/mol. The number of thioether (sulfide) groups is 1. The van der Waals surface area contributed by atoms with Crippen LogP contribution in [0.15, 0.2) is 19.9 Å². The number of thiocarbonyl (C=S) groups is 1. The molecule has 0 spiro atoms. The molecule has 14 heavy (non-hydrogen) atoms. The van der Waals surface area contributed by atoms with E-state index >= 15 is 0 Å². The SMILES string of the molecule is O=c1c2c(nc3n1CCS3)=NC(=S)N=2. The van der Waals surface area contributed by atoms with Crippen molar-refractivity contribution in [3.8, 4) is 0 Å². The number of nitrogens with zero attached hydrogens (tertiary/aromatic N) is 4. The molecule has 0 unspecified atom stereocenters. The van der Waals surface area contributed by atoms with E-state index in [1.165, 1.54) is 0 Å². The first-order chi connectivity index (χ1) is 6.75. The Morgan fingerprint density at radius 2 is 2.29 bits per heavy atom. The molecule has 0 amide bonds. The van der Waals surface area contributed by atoms with Crippen LogP contribution in [0.4, 0.5) is 0 Å². The van der Waals surface area contributed by atoms with E-state index in [9.17, 15) is 4.79 Å². The second-order valence-corrected chi connectivity index (χ2v) is 4.31. The highest BCUT2D eigenvalue weighted by Gasteiger charge is 2.18.